The van der Waals surface area contributed by atoms with Gasteiger partial charge in [0, 0.05) is 18.0 Å². The molecule has 0 saturated heterocycles. The Labute approximate surface area is 121 Å². The molecule has 0 atom stereocenters. The summed E-state index contributed by atoms with van der Waals surface area (Å²) in [4.78, 5) is 13.2. The third kappa shape index (κ3) is 4.38. The van der Waals surface area contributed by atoms with Gasteiger partial charge in [0.05, 0.1) is 11.4 Å². The molecule has 1 N–H and O–H groups in total. The highest BCUT2D eigenvalue weighted by Crippen LogP contribution is 2.28. The van der Waals surface area contributed by atoms with Gasteiger partial charge in [0.25, 0.3) is 6.43 Å². The lowest BCUT2D eigenvalue weighted by Gasteiger charge is -2.22. The number of nitrogens with one attached hydrogen (secondary N) is 1. The van der Waals surface area contributed by atoms with E-state index in [1.54, 1.807) is 0 Å². The van der Waals surface area contributed by atoms with Gasteiger partial charge >= 0.3 is 6.03 Å². The van der Waals surface area contributed by atoms with Crippen molar-refractivity contribution in [3.05, 3.63) is 24.3 Å². The fourth-order valence-electron chi connectivity index (χ4n) is 1.91. The van der Waals surface area contributed by atoms with Crippen LogP contribution in [0, 0.1) is 0 Å². The Morgan fingerprint density at radius 2 is 1.90 bits per heavy atom. The van der Waals surface area contributed by atoms with E-state index < -0.39 is 28.8 Å². The van der Waals surface area contributed by atoms with Crippen LogP contribution in [0.5, 0.6) is 0 Å². The third-order valence-electron chi connectivity index (χ3n) is 3.12. The van der Waals surface area contributed by atoms with E-state index in [2.05, 4.69) is 5.32 Å². The molecule has 0 unspecified atom stereocenters. The van der Waals surface area contributed by atoms with Gasteiger partial charge < -0.3 is 10.2 Å². The Bertz CT molecular complexity index is 613. The average molecular weight is 318 g/mol. The van der Waals surface area contributed by atoms with Crippen LogP contribution in [0.1, 0.15) is 12.8 Å². The fraction of sp³-hybridized carbons (Fsp3) is 0.462. The van der Waals surface area contributed by atoms with Crippen molar-refractivity contribution in [2.75, 3.05) is 18.1 Å². The van der Waals surface area contributed by atoms with Crippen molar-refractivity contribution in [3.63, 3.8) is 0 Å². The van der Waals surface area contributed by atoms with Crippen LogP contribution in [0.25, 0.3) is 0 Å². The predicted octanol–water partition coefficient (Wildman–Crippen LogP) is 2.35. The second kappa shape index (κ2) is 5.97. The predicted molar refractivity (Wildman–Crippen MR) is 74.3 cm³/mol. The quantitative estimate of drug-likeness (QED) is 0.906. The Hall–Kier alpha value is -1.70. The Kier molecular flexibility index (Phi) is 4.46. The summed E-state index contributed by atoms with van der Waals surface area (Å²) < 4.78 is 47.6. The maximum atomic E-state index is 12.5. The Morgan fingerprint density at radius 3 is 2.33 bits per heavy atom. The summed E-state index contributed by atoms with van der Waals surface area (Å²) >= 11 is 0. The second-order valence-electron chi connectivity index (χ2n) is 5.00. The first kappa shape index (κ1) is 15.7. The maximum Gasteiger partial charge on any atom is 0.322 e. The van der Waals surface area contributed by atoms with Crippen molar-refractivity contribution < 1.29 is 22.0 Å². The molecule has 1 aromatic rings. The lowest BCUT2D eigenvalue weighted by atomic mass is 10.3. The van der Waals surface area contributed by atoms with Crippen LogP contribution in [0.3, 0.4) is 0 Å². The van der Waals surface area contributed by atoms with E-state index in [-0.39, 0.29) is 10.9 Å². The molecule has 1 aliphatic rings. The molecule has 1 aromatic carbocycles. The van der Waals surface area contributed by atoms with E-state index in [0.717, 1.165) is 24.0 Å². The highest BCUT2D eigenvalue weighted by Gasteiger charge is 2.34. The molecule has 8 heteroatoms. The number of halogens is 2. The topological polar surface area (TPSA) is 66.5 Å². The Morgan fingerprint density at radius 1 is 1.33 bits per heavy atom. The number of carbonyl (C=O) groups excluding carboxylic acids is 1. The maximum absolute atomic E-state index is 12.5. The first-order valence-electron chi connectivity index (χ1n) is 6.43. The molecule has 0 heterocycles. The zero-order valence-corrected chi connectivity index (χ0v) is 12.2. The number of rotatable bonds is 5. The molecule has 0 bridgehead atoms. The number of alkyl halides is 2. The van der Waals surface area contributed by atoms with Crippen molar-refractivity contribution in [1.82, 2.24) is 4.90 Å². The lowest BCUT2D eigenvalue weighted by molar-refractivity contribution is 0.0994. The molecule has 0 aromatic heterocycles. The zero-order chi connectivity index (χ0) is 15.6. The number of hydrogen-bond donors (Lipinski definition) is 1. The van der Waals surface area contributed by atoms with Gasteiger partial charge in [-0.2, -0.15) is 0 Å². The van der Waals surface area contributed by atoms with Gasteiger partial charge in [-0.25, -0.2) is 22.0 Å². The normalized spacial score (nSPS) is 15.0. The Balaban J connectivity index is 2.04. The van der Waals surface area contributed by atoms with Gasteiger partial charge in [0.1, 0.15) is 0 Å². The molecule has 21 heavy (non-hydrogen) atoms. The van der Waals surface area contributed by atoms with Crippen molar-refractivity contribution in [2.24, 2.45) is 0 Å². The second-order valence-corrected chi connectivity index (χ2v) is 7.02. The van der Waals surface area contributed by atoms with Gasteiger partial charge in [0.2, 0.25) is 0 Å². The van der Waals surface area contributed by atoms with Gasteiger partial charge in [-0.05, 0) is 37.1 Å². The molecule has 116 valence electrons. The van der Waals surface area contributed by atoms with E-state index in [1.165, 1.54) is 24.3 Å². The summed E-state index contributed by atoms with van der Waals surface area (Å²) in [5, 5.41) is 2.51. The number of carbonyl (C=O) groups is 1. The van der Waals surface area contributed by atoms with Crippen LogP contribution in [0.15, 0.2) is 29.2 Å². The summed E-state index contributed by atoms with van der Waals surface area (Å²) in [7, 11) is -3.31. The minimum atomic E-state index is -3.31. The molecule has 1 aliphatic carbocycles. The SMILES string of the molecule is CS(=O)(=O)c1ccc(NC(=O)N(CC(F)F)C2CC2)cc1. The van der Waals surface area contributed by atoms with Crippen LogP contribution in [0.4, 0.5) is 19.3 Å². The van der Waals surface area contributed by atoms with E-state index in [4.69, 9.17) is 0 Å². The van der Waals surface area contributed by atoms with Crippen molar-refractivity contribution in [3.8, 4) is 0 Å². The van der Waals surface area contributed by atoms with Crippen molar-refractivity contribution in [1.29, 1.82) is 0 Å². The number of anilines is 1. The molecule has 0 aliphatic heterocycles. The number of amides is 2. The van der Waals surface area contributed by atoms with E-state index in [1.807, 2.05) is 0 Å². The number of hydrogen-bond acceptors (Lipinski definition) is 3. The van der Waals surface area contributed by atoms with Gasteiger partial charge in [0.15, 0.2) is 9.84 Å². The molecule has 1 saturated carbocycles. The molecule has 1 fully saturated rings. The standard InChI is InChI=1S/C13H16F2N2O3S/c1-21(19,20)11-6-2-9(3-7-11)16-13(18)17(8-12(14)15)10-4-5-10/h2-3,6-7,10,12H,4-5,8H2,1H3,(H,16,18). The first-order valence-corrected chi connectivity index (χ1v) is 8.32. The third-order valence-corrected chi connectivity index (χ3v) is 4.25. The minimum Gasteiger partial charge on any atom is -0.316 e. The summed E-state index contributed by atoms with van der Waals surface area (Å²) in [5.74, 6) is 0. The van der Waals surface area contributed by atoms with Crippen LogP contribution < -0.4 is 5.32 Å². The lowest BCUT2D eigenvalue weighted by Crippen LogP contribution is -2.39. The van der Waals surface area contributed by atoms with E-state index in [0.29, 0.717) is 5.69 Å². The highest BCUT2D eigenvalue weighted by atomic mass is 32.2. The van der Waals surface area contributed by atoms with Gasteiger partial charge in [-0.15, -0.1) is 0 Å². The number of sulfone groups is 1. The minimum absolute atomic E-state index is 0.130. The van der Waals surface area contributed by atoms with E-state index >= 15 is 0 Å². The molecule has 0 spiro atoms. The zero-order valence-electron chi connectivity index (χ0n) is 11.4. The fourth-order valence-corrected chi connectivity index (χ4v) is 2.54. The van der Waals surface area contributed by atoms with E-state index in [9.17, 15) is 22.0 Å². The molecular formula is C13H16F2N2O3S. The van der Waals surface area contributed by atoms with Crippen LogP contribution in [-0.2, 0) is 9.84 Å². The molecule has 2 amide bonds. The van der Waals surface area contributed by atoms with Crippen LogP contribution in [-0.4, -0.2) is 44.6 Å². The largest absolute Gasteiger partial charge is 0.322 e. The average Bonchev–Trinajstić information content (AvgIpc) is 3.19. The van der Waals surface area contributed by atoms with Gasteiger partial charge in [-0.3, -0.25) is 0 Å². The summed E-state index contributed by atoms with van der Waals surface area (Å²) in [6, 6.07) is 4.86. The molecule has 2 rings (SSSR count). The number of benzene rings is 1. The first-order chi connectivity index (χ1) is 9.77. The van der Waals surface area contributed by atoms with Crippen molar-refractivity contribution in [2.45, 2.75) is 30.2 Å². The van der Waals surface area contributed by atoms with Crippen LogP contribution >= 0.6 is 0 Å². The van der Waals surface area contributed by atoms with Gasteiger partial charge in [-0.1, -0.05) is 0 Å². The summed E-state index contributed by atoms with van der Waals surface area (Å²) in [5.41, 5.74) is 0.368. The van der Waals surface area contributed by atoms with Crippen molar-refractivity contribution >= 4 is 21.6 Å². The molecule has 0 radical (unpaired) electrons. The summed E-state index contributed by atoms with van der Waals surface area (Å²) in [6.07, 6.45) is -0.0396. The number of nitrogens with zero attached hydrogens (tertiary/aromatic N) is 1. The highest BCUT2D eigenvalue weighted by molar-refractivity contribution is 7.90. The molecule has 5 nitrogen and oxygen atoms in total. The molecular weight excluding hydrogens is 302 g/mol. The number of urea groups is 1. The summed E-state index contributed by atoms with van der Waals surface area (Å²) in [6.45, 7) is -0.599. The monoisotopic (exact) mass is 318 g/mol. The van der Waals surface area contributed by atoms with Crippen LogP contribution in [0.2, 0.25) is 0 Å². The smallest absolute Gasteiger partial charge is 0.316 e.